The SMILES string of the molecule is CC(C)(O)c1ccc(Nc2ncnc3c2CCN(c2ccc(C#N)c(C(F)(F)F)c2)C3)nc1F. The lowest BCUT2D eigenvalue weighted by atomic mass is 10.0. The van der Waals surface area contributed by atoms with E-state index in [1.165, 1.54) is 38.4 Å². The normalized spacial score (nSPS) is 13.9. The van der Waals surface area contributed by atoms with Crippen molar-refractivity contribution in [2.75, 3.05) is 16.8 Å². The molecule has 1 aliphatic rings. The first kappa shape index (κ1) is 23.4. The van der Waals surface area contributed by atoms with Crippen molar-refractivity contribution in [3.05, 3.63) is 70.6 Å². The molecule has 2 aromatic heterocycles. The molecule has 34 heavy (non-hydrogen) atoms. The van der Waals surface area contributed by atoms with Crippen LogP contribution in [-0.2, 0) is 24.7 Å². The molecule has 0 bridgehead atoms. The van der Waals surface area contributed by atoms with Crippen molar-refractivity contribution >= 4 is 17.3 Å². The molecule has 0 saturated heterocycles. The fraction of sp³-hybridized carbons (Fsp3) is 0.304. The predicted molar refractivity (Wildman–Crippen MR) is 116 cm³/mol. The Hall–Kier alpha value is -3.78. The Labute approximate surface area is 192 Å². The molecule has 7 nitrogen and oxygen atoms in total. The number of aliphatic hydroxyl groups is 1. The number of nitrogens with zero attached hydrogens (tertiary/aromatic N) is 5. The lowest BCUT2D eigenvalue weighted by Gasteiger charge is -2.31. The molecule has 11 heteroatoms. The maximum absolute atomic E-state index is 14.3. The smallest absolute Gasteiger partial charge is 0.386 e. The zero-order valence-corrected chi connectivity index (χ0v) is 18.3. The molecule has 0 radical (unpaired) electrons. The van der Waals surface area contributed by atoms with Crippen LogP contribution in [-0.4, -0.2) is 26.6 Å². The zero-order chi connectivity index (χ0) is 24.7. The number of halogens is 4. The van der Waals surface area contributed by atoms with Gasteiger partial charge >= 0.3 is 6.18 Å². The van der Waals surface area contributed by atoms with Crippen LogP contribution in [0.2, 0.25) is 0 Å². The maximum Gasteiger partial charge on any atom is 0.417 e. The van der Waals surface area contributed by atoms with E-state index in [-0.39, 0.29) is 17.9 Å². The second kappa shape index (κ2) is 8.53. The van der Waals surface area contributed by atoms with Gasteiger partial charge in [-0.1, -0.05) is 0 Å². The van der Waals surface area contributed by atoms with Gasteiger partial charge in [0.15, 0.2) is 0 Å². The minimum atomic E-state index is -4.64. The summed E-state index contributed by atoms with van der Waals surface area (Å²) in [7, 11) is 0. The van der Waals surface area contributed by atoms with E-state index in [1.807, 2.05) is 0 Å². The first-order valence-corrected chi connectivity index (χ1v) is 10.3. The standard InChI is InChI=1S/C23H20F4N6O/c1-22(2,34)16-5-6-19(31-20(16)24)32-21-15-7-8-33(11-18(15)29-12-30-21)14-4-3-13(10-28)17(9-14)23(25,26)27/h3-6,9,12,34H,7-8,11H2,1-2H3,(H,29,30,31,32). The van der Waals surface area contributed by atoms with Gasteiger partial charge in [-0.25, -0.2) is 15.0 Å². The first-order chi connectivity index (χ1) is 16.0. The van der Waals surface area contributed by atoms with Crippen LogP contribution < -0.4 is 10.2 Å². The molecule has 3 heterocycles. The van der Waals surface area contributed by atoms with Gasteiger partial charge in [-0.3, -0.25) is 0 Å². The van der Waals surface area contributed by atoms with Crippen LogP contribution in [0.4, 0.5) is 34.9 Å². The lowest BCUT2D eigenvalue weighted by Crippen LogP contribution is -2.32. The Balaban J connectivity index is 1.59. The van der Waals surface area contributed by atoms with Gasteiger partial charge < -0.3 is 15.3 Å². The van der Waals surface area contributed by atoms with E-state index in [9.17, 15) is 22.7 Å². The number of hydrogen-bond acceptors (Lipinski definition) is 7. The average molecular weight is 472 g/mol. The first-order valence-electron chi connectivity index (χ1n) is 10.3. The lowest BCUT2D eigenvalue weighted by molar-refractivity contribution is -0.137. The van der Waals surface area contributed by atoms with Crippen molar-refractivity contribution in [3.63, 3.8) is 0 Å². The average Bonchev–Trinajstić information content (AvgIpc) is 2.77. The van der Waals surface area contributed by atoms with Crippen molar-refractivity contribution in [1.82, 2.24) is 15.0 Å². The molecule has 1 aliphatic heterocycles. The zero-order valence-electron chi connectivity index (χ0n) is 18.3. The largest absolute Gasteiger partial charge is 0.417 e. The van der Waals surface area contributed by atoms with E-state index in [0.717, 1.165) is 17.7 Å². The van der Waals surface area contributed by atoms with Crippen LogP contribution in [0.3, 0.4) is 0 Å². The third kappa shape index (κ3) is 4.63. The monoisotopic (exact) mass is 472 g/mol. The number of anilines is 3. The summed E-state index contributed by atoms with van der Waals surface area (Å²) in [6.07, 6.45) is -2.91. The van der Waals surface area contributed by atoms with Crippen LogP contribution >= 0.6 is 0 Å². The number of benzene rings is 1. The maximum atomic E-state index is 14.3. The molecule has 4 rings (SSSR count). The summed E-state index contributed by atoms with van der Waals surface area (Å²) >= 11 is 0. The van der Waals surface area contributed by atoms with E-state index in [4.69, 9.17) is 5.26 Å². The van der Waals surface area contributed by atoms with Crippen LogP contribution in [0.1, 0.15) is 41.8 Å². The number of nitriles is 1. The summed E-state index contributed by atoms with van der Waals surface area (Å²) in [5.41, 5.74) is -1.06. The number of alkyl halides is 3. The second-order valence-electron chi connectivity index (χ2n) is 8.38. The van der Waals surface area contributed by atoms with Gasteiger partial charge in [-0.05, 0) is 50.6 Å². The van der Waals surface area contributed by atoms with E-state index < -0.39 is 28.9 Å². The molecule has 0 fully saturated rings. The predicted octanol–water partition coefficient (Wildman–Crippen LogP) is 4.43. The Morgan fingerprint density at radius 2 is 1.88 bits per heavy atom. The quantitative estimate of drug-likeness (QED) is 0.428. The third-order valence-corrected chi connectivity index (χ3v) is 5.56. The topological polar surface area (TPSA) is 98.0 Å². The molecule has 1 aromatic carbocycles. The minimum Gasteiger partial charge on any atom is -0.386 e. The third-order valence-electron chi connectivity index (χ3n) is 5.56. The van der Waals surface area contributed by atoms with Crippen LogP contribution in [0, 0.1) is 17.3 Å². The molecule has 0 saturated carbocycles. The highest BCUT2D eigenvalue weighted by atomic mass is 19.4. The number of nitrogens with one attached hydrogen (secondary N) is 1. The molecule has 0 atom stereocenters. The van der Waals surface area contributed by atoms with E-state index in [2.05, 4.69) is 20.3 Å². The molecule has 176 valence electrons. The van der Waals surface area contributed by atoms with Crippen LogP contribution in [0.5, 0.6) is 0 Å². The molecular formula is C23H20F4N6O. The van der Waals surface area contributed by atoms with E-state index in [0.29, 0.717) is 30.2 Å². The fourth-order valence-corrected chi connectivity index (χ4v) is 3.82. The van der Waals surface area contributed by atoms with Gasteiger partial charge in [0.1, 0.15) is 18.0 Å². The summed E-state index contributed by atoms with van der Waals surface area (Å²) < 4.78 is 54.4. The number of aromatic nitrogens is 3. The molecule has 0 spiro atoms. The number of fused-ring (bicyclic) bond motifs is 1. The van der Waals surface area contributed by atoms with Gasteiger partial charge in [0.2, 0.25) is 5.95 Å². The van der Waals surface area contributed by atoms with Crippen molar-refractivity contribution < 1.29 is 22.7 Å². The number of pyridine rings is 1. The van der Waals surface area contributed by atoms with Crippen molar-refractivity contribution in [3.8, 4) is 6.07 Å². The molecule has 0 aliphatic carbocycles. The summed E-state index contributed by atoms with van der Waals surface area (Å²) in [5.74, 6) is -0.202. The Morgan fingerprint density at radius 3 is 2.53 bits per heavy atom. The van der Waals surface area contributed by atoms with Gasteiger partial charge in [0, 0.05) is 23.4 Å². The van der Waals surface area contributed by atoms with Gasteiger partial charge in [0.25, 0.3) is 0 Å². The highest BCUT2D eigenvalue weighted by Crippen LogP contribution is 2.36. The summed E-state index contributed by atoms with van der Waals surface area (Å²) in [5, 5.41) is 22.0. The van der Waals surface area contributed by atoms with Crippen molar-refractivity contribution in [2.45, 2.75) is 38.6 Å². The second-order valence-corrected chi connectivity index (χ2v) is 8.38. The number of rotatable bonds is 4. The van der Waals surface area contributed by atoms with Crippen LogP contribution in [0.15, 0.2) is 36.7 Å². The fourth-order valence-electron chi connectivity index (χ4n) is 3.82. The highest BCUT2D eigenvalue weighted by Gasteiger charge is 2.34. The number of hydrogen-bond donors (Lipinski definition) is 2. The molecule has 0 amide bonds. The molecule has 0 unspecified atom stereocenters. The molecule has 2 N–H and O–H groups in total. The van der Waals surface area contributed by atoms with Crippen LogP contribution in [0.25, 0.3) is 0 Å². The van der Waals surface area contributed by atoms with Gasteiger partial charge in [-0.15, -0.1) is 0 Å². The van der Waals surface area contributed by atoms with E-state index in [1.54, 1.807) is 11.0 Å². The minimum absolute atomic E-state index is 0.0547. The molecular weight excluding hydrogens is 452 g/mol. The van der Waals surface area contributed by atoms with Crippen molar-refractivity contribution in [1.29, 1.82) is 5.26 Å². The highest BCUT2D eigenvalue weighted by molar-refractivity contribution is 5.60. The van der Waals surface area contributed by atoms with E-state index >= 15 is 0 Å². The van der Waals surface area contributed by atoms with Gasteiger partial charge in [0.05, 0.1) is 35.0 Å². The van der Waals surface area contributed by atoms with Crippen molar-refractivity contribution in [2.24, 2.45) is 0 Å². The Kier molecular flexibility index (Phi) is 5.87. The molecule has 3 aromatic rings. The summed E-state index contributed by atoms with van der Waals surface area (Å²) in [6.45, 7) is 3.53. The Bertz CT molecular complexity index is 1280. The van der Waals surface area contributed by atoms with Gasteiger partial charge in [-0.2, -0.15) is 22.8 Å². The summed E-state index contributed by atoms with van der Waals surface area (Å²) in [4.78, 5) is 14.1. The Morgan fingerprint density at radius 1 is 1.12 bits per heavy atom. The summed E-state index contributed by atoms with van der Waals surface area (Å²) in [6, 6.07) is 8.16.